The molecule has 0 aliphatic heterocycles. The van der Waals surface area contributed by atoms with E-state index in [1.807, 2.05) is 0 Å². The van der Waals surface area contributed by atoms with Crippen LogP contribution >= 0.6 is 0 Å². The van der Waals surface area contributed by atoms with Gasteiger partial charge >= 0.3 is 5.66 Å². The van der Waals surface area contributed by atoms with Gasteiger partial charge in [0, 0.05) is 14.2 Å². The molecule has 0 saturated carbocycles. The molecule has 0 heterocycles. The van der Waals surface area contributed by atoms with Crippen molar-refractivity contribution < 1.29 is 14.6 Å². The molecular weight excluding hydrogens is 204 g/mol. The molecule has 0 aromatic heterocycles. The van der Waals surface area contributed by atoms with E-state index in [0.29, 0.717) is 0 Å². The van der Waals surface area contributed by atoms with Gasteiger partial charge in [-0.1, -0.05) is 18.2 Å². The largest absolute Gasteiger partial charge is 0.481 e. The van der Waals surface area contributed by atoms with Gasteiger partial charge in [-0.2, -0.15) is 0 Å². The Morgan fingerprint density at radius 1 is 1.20 bits per heavy atom. The highest BCUT2D eigenvalue weighted by Gasteiger charge is 2.52. The molecule has 1 rings (SSSR count). The Labute approximate surface area is 86.3 Å². The second kappa shape index (κ2) is 5.86. The first kappa shape index (κ1) is 13.2. The maximum absolute atomic E-state index is 10.4. The molecule has 0 bridgehead atoms. The Kier molecular flexibility index (Phi) is 5.18. The highest BCUT2D eigenvalue weighted by Crippen LogP contribution is 2.21. The SMILES string of the molecule is COC.O=[N+]([O-])C1([N+](=O)[O-])C=CC=CC1. The topological polar surface area (TPSA) is 95.5 Å². The number of nitro groups is 2. The summed E-state index contributed by atoms with van der Waals surface area (Å²) in [6, 6.07) is 0. The van der Waals surface area contributed by atoms with Crippen LogP contribution in [-0.4, -0.2) is 29.7 Å². The summed E-state index contributed by atoms with van der Waals surface area (Å²) in [5.74, 6) is 0. The van der Waals surface area contributed by atoms with Crippen LogP contribution in [0.15, 0.2) is 24.3 Å². The van der Waals surface area contributed by atoms with Crippen molar-refractivity contribution in [1.82, 2.24) is 0 Å². The third-order valence-electron chi connectivity index (χ3n) is 1.66. The summed E-state index contributed by atoms with van der Waals surface area (Å²) in [6.45, 7) is 0. The summed E-state index contributed by atoms with van der Waals surface area (Å²) in [5, 5.41) is 20.8. The Balaban J connectivity index is 0.000000583. The van der Waals surface area contributed by atoms with Crippen molar-refractivity contribution in [3.8, 4) is 0 Å². The second-order valence-electron chi connectivity index (χ2n) is 2.79. The maximum Gasteiger partial charge on any atom is 0.481 e. The van der Waals surface area contributed by atoms with Gasteiger partial charge in [0.25, 0.3) is 0 Å². The third kappa shape index (κ3) is 3.13. The van der Waals surface area contributed by atoms with Crippen LogP contribution < -0.4 is 0 Å². The monoisotopic (exact) mass is 216 g/mol. The van der Waals surface area contributed by atoms with Crippen molar-refractivity contribution in [3.63, 3.8) is 0 Å². The number of hydrogen-bond donors (Lipinski definition) is 0. The van der Waals surface area contributed by atoms with E-state index in [9.17, 15) is 20.2 Å². The number of rotatable bonds is 2. The number of nitrogens with zero attached hydrogens (tertiary/aromatic N) is 2. The molecule has 1 aliphatic carbocycles. The summed E-state index contributed by atoms with van der Waals surface area (Å²) < 4.78 is 4.25. The molecule has 0 N–H and O–H groups in total. The maximum atomic E-state index is 10.4. The van der Waals surface area contributed by atoms with Gasteiger partial charge in [-0.15, -0.1) is 0 Å². The quantitative estimate of drug-likeness (QED) is 0.390. The minimum atomic E-state index is -2.14. The summed E-state index contributed by atoms with van der Waals surface area (Å²) >= 11 is 0. The zero-order valence-corrected chi connectivity index (χ0v) is 8.45. The number of ether oxygens (including phenoxy) is 1. The Hall–Kier alpha value is -1.76. The lowest BCUT2D eigenvalue weighted by molar-refractivity contribution is -0.780. The van der Waals surface area contributed by atoms with Crippen LogP contribution in [0.25, 0.3) is 0 Å². The van der Waals surface area contributed by atoms with Gasteiger partial charge in [-0.05, 0) is 0 Å². The van der Waals surface area contributed by atoms with Crippen LogP contribution in [0.2, 0.25) is 0 Å². The lowest BCUT2D eigenvalue weighted by Gasteiger charge is -2.12. The van der Waals surface area contributed by atoms with Gasteiger partial charge in [-0.3, -0.25) is 20.2 Å². The van der Waals surface area contributed by atoms with Crippen molar-refractivity contribution >= 4 is 0 Å². The Morgan fingerprint density at radius 3 is 1.87 bits per heavy atom. The van der Waals surface area contributed by atoms with E-state index in [1.54, 1.807) is 20.3 Å². The van der Waals surface area contributed by atoms with E-state index in [1.165, 1.54) is 12.2 Å². The van der Waals surface area contributed by atoms with Crippen LogP contribution in [0, 0.1) is 20.2 Å². The standard InChI is InChI=1S/C6H6N2O4.C2H6O/c9-7(10)6(8(11)12)4-2-1-3-5-6;1-3-2/h1-4H,5H2;1-2H3. The smallest absolute Gasteiger partial charge is 0.388 e. The lowest BCUT2D eigenvalue weighted by atomic mass is 10.0. The molecule has 0 saturated heterocycles. The number of allylic oxidation sites excluding steroid dienone is 2. The van der Waals surface area contributed by atoms with E-state index in [4.69, 9.17) is 0 Å². The van der Waals surface area contributed by atoms with E-state index >= 15 is 0 Å². The van der Waals surface area contributed by atoms with Crippen molar-refractivity contribution in [3.05, 3.63) is 44.5 Å². The molecule has 15 heavy (non-hydrogen) atoms. The second-order valence-corrected chi connectivity index (χ2v) is 2.79. The predicted octanol–water partition coefficient (Wildman–Crippen LogP) is 1.01. The Bertz CT molecular complexity index is 283. The molecular formula is C8H12N2O5. The summed E-state index contributed by atoms with van der Waals surface area (Å²) in [4.78, 5) is 19.0. The fourth-order valence-corrected chi connectivity index (χ4v) is 0.935. The molecule has 0 atom stereocenters. The van der Waals surface area contributed by atoms with E-state index in [-0.39, 0.29) is 6.42 Å². The fourth-order valence-electron chi connectivity index (χ4n) is 0.935. The van der Waals surface area contributed by atoms with Crippen molar-refractivity contribution in [2.75, 3.05) is 14.2 Å². The lowest BCUT2D eigenvalue weighted by Crippen LogP contribution is -2.44. The van der Waals surface area contributed by atoms with Crippen LogP contribution in [0.5, 0.6) is 0 Å². The molecule has 0 radical (unpaired) electrons. The van der Waals surface area contributed by atoms with Gasteiger partial charge in [0.15, 0.2) is 0 Å². The van der Waals surface area contributed by atoms with Gasteiger partial charge in [0.2, 0.25) is 0 Å². The summed E-state index contributed by atoms with van der Waals surface area (Å²) in [6.07, 6.45) is 5.07. The molecule has 0 aromatic rings. The van der Waals surface area contributed by atoms with E-state index < -0.39 is 15.5 Å². The van der Waals surface area contributed by atoms with Crippen molar-refractivity contribution in [1.29, 1.82) is 0 Å². The molecule has 0 amide bonds. The molecule has 1 aliphatic rings. The first-order valence-corrected chi connectivity index (χ1v) is 4.04. The average molecular weight is 216 g/mol. The fraction of sp³-hybridized carbons (Fsp3) is 0.500. The van der Waals surface area contributed by atoms with E-state index in [0.717, 1.165) is 6.08 Å². The van der Waals surface area contributed by atoms with Gasteiger partial charge in [0.05, 0.1) is 6.08 Å². The molecule has 84 valence electrons. The molecule has 0 spiro atoms. The van der Waals surface area contributed by atoms with Gasteiger partial charge < -0.3 is 4.74 Å². The van der Waals surface area contributed by atoms with Crippen LogP contribution in [0.4, 0.5) is 0 Å². The van der Waals surface area contributed by atoms with Crippen LogP contribution in [-0.2, 0) is 4.74 Å². The van der Waals surface area contributed by atoms with Crippen LogP contribution in [0.1, 0.15) is 6.42 Å². The molecule has 7 nitrogen and oxygen atoms in total. The van der Waals surface area contributed by atoms with E-state index in [2.05, 4.69) is 4.74 Å². The zero-order chi connectivity index (χ0) is 11.9. The summed E-state index contributed by atoms with van der Waals surface area (Å²) in [5.41, 5.74) is -2.14. The first-order chi connectivity index (χ1) is 7.01. The van der Waals surface area contributed by atoms with Crippen molar-refractivity contribution in [2.24, 2.45) is 0 Å². The summed E-state index contributed by atoms with van der Waals surface area (Å²) in [7, 11) is 3.25. The van der Waals surface area contributed by atoms with Gasteiger partial charge in [0.1, 0.15) is 16.3 Å². The third-order valence-corrected chi connectivity index (χ3v) is 1.66. The molecule has 0 unspecified atom stereocenters. The minimum Gasteiger partial charge on any atom is -0.388 e. The first-order valence-electron chi connectivity index (χ1n) is 4.04. The van der Waals surface area contributed by atoms with Gasteiger partial charge in [-0.25, -0.2) is 0 Å². The number of hydrogen-bond acceptors (Lipinski definition) is 5. The highest BCUT2D eigenvalue weighted by molar-refractivity contribution is 5.14. The minimum absolute atomic E-state index is 0.191. The predicted molar refractivity (Wildman–Crippen MR) is 52.5 cm³/mol. The average Bonchev–Trinajstić information content (AvgIpc) is 2.19. The van der Waals surface area contributed by atoms with Crippen LogP contribution in [0.3, 0.4) is 0 Å². The normalized spacial score (nSPS) is 16.4. The number of methoxy groups -OCH3 is 1. The van der Waals surface area contributed by atoms with Crippen molar-refractivity contribution in [2.45, 2.75) is 12.1 Å². The Morgan fingerprint density at radius 2 is 1.67 bits per heavy atom. The molecule has 0 fully saturated rings. The highest BCUT2D eigenvalue weighted by atomic mass is 16.7. The molecule has 0 aromatic carbocycles. The zero-order valence-electron chi connectivity index (χ0n) is 8.45. The molecule has 7 heteroatoms.